The van der Waals surface area contributed by atoms with Crippen LogP contribution in [-0.2, 0) is 99.8 Å². The van der Waals surface area contributed by atoms with Crippen LogP contribution in [-0.4, -0.2) is 64.6 Å². The van der Waals surface area contributed by atoms with Crippen molar-refractivity contribution < 1.29 is 28.8 Å². The summed E-state index contributed by atoms with van der Waals surface area (Å²) < 4.78 is 0. The number of ketones is 6. The number of allylic oxidation sites excluding steroid dienone is 16. The van der Waals surface area contributed by atoms with E-state index < -0.39 is 0 Å². The van der Waals surface area contributed by atoms with Gasteiger partial charge in [-0.1, -0.05) is 301 Å². The molecule has 0 spiro atoms. The number of aromatic nitrogens is 6. The lowest BCUT2D eigenvalue weighted by Gasteiger charge is -2.51. The molecule has 0 N–H and O–H groups in total. The quantitative estimate of drug-likeness (QED) is 0.0749. The third-order valence-electron chi connectivity index (χ3n) is 37.1. The summed E-state index contributed by atoms with van der Waals surface area (Å²) in [5, 5.41) is 0. The van der Waals surface area contributed by atoms with Crippen LogP contribution < -0.4 is 0 Å². The molecule has 12 nitrogen and oxygen atoms in total. The summed E-state index contributed by atoms with van der Waals surface area (Å²) in [5.74, 6) is 8.18. The van der Waals surface area contributed by atoms with Crippen LogP contribution in [0.1, 0.15) is 356 Å². The summed E-state index contributed by atoms with van der Waals surface area (Å²) >= 11 is 10.5. The maximum atomic E-state index is 13.4. The minimum absolute atomic E-state index is 0.0834. The van der Waals surface area contributed by atoms with Crippen molar-refractivity contribution in [1.29, 1.82) is 0 Å². The molecule has 6 unspecified atom stereocenters. The fourth-order valence-electron chi connectivity index (χ4n) is 30.6. The number of carbonyl (C=O) groups is 6. The summed E-state index contributed by atoms with van der Waals surface area (Å²) in [7, 11) is 0. The summed E-state index contributed by atoms with van der Waals surface area (Å²) in [6.45, 7) is 31.4. The second-order valence-electron chi connectivity index (χ2n) is 45.8. The fourth-order valence-corrected chi connectivity index (χ4v) is 37.4. The van der Waals surface area contributed by atoms with Gasteiger partial charge >= 0.3 is 0 Å². The zero-order chi connectivity index (χ0) is 103. The first-order valence-electron chi connectivity index (χ1n) is 56.0. The zero-order valence-electron chi connectivity index (χ0n) is 89.3. The normalized spacial score (nSPS) is 28.5. The molecule has 18 heteroatoms. The molecule has 0 radical (unpaired) electrons. The van der Waals surface area contributed by atoms with Crippen molar-refractivity contribution in [1.82, 2.24) is 29.9 Å². The standard InChI is InChI=1S/C23H27NOS.C22H29NOS.2C22H25NOS.C21H27NOS.C19H19NOS/c1-4-23(18-8-6-5-7-9-18)21-17(13-19-22(23)26-14-24-19)11-16(10-15(2)3)12-20(21)25;2*1-4-22(17-8-6-5-7-9-17)20-16(11-18-21(22)25-13-23-18)10-15(14(2)3)12-19(20)24;1-3-8-15-11-16-13-18-21(25-14-23-18)22(4-2,20(16)19(24)12-15)17-9-6-5-7-10-17;1-3-14-10-15-12-17-20(24-13-22-17)21(4-2,19(15)18(23)11-14)16-8-6-5-7-9-16;1-2-19(14-8-4-3-5-9-14)17-13(7-6-10-16(17)21)11-15-18(19)22-12-20-15/h5-9,14-16H,4,10-13H2,1-3H3;5-6,8,13-16,20H,4,7,9-12H2,1-3H3;5-9,13-15H,4,10-12H2,1-3H3;5-7,9-10,14-15H,3-4,8,11-13H2,1-2H3;5-6,8,13-15,19H,3-4,7,9-12H2,1-2H3;3-5,8-9,12H,2,6-7,10-11H2,1H3/t16?,23-;15-,16?,20?,22-;15-,22+;15?,22-;14-,15?,19?,21-;19-/m001000/s1. The lowest BCUT2D eigenvalue weighted by Crippen LogP contribution is -2.52. The van der Waals surface area contributed by atoms with Gasteiger partial charge in [0.2, 0.25) is 0 Å². The Kier molecular flexibility index (Phi) is 32.6. The van der Waals surface area contributed by atoms with Gasteiger partial charge in [0.15, 0.2) is 23.1 Å². The van der Waals surface area contributed by atoms with Crippen LogP contribution in [0.3, 0.4) is 0 Å². The number of carbonyl (C=O) groups excluding carboxylic acids is 6. The van der Waals surface area contributed by atoms with Crippen LogP contribution in [0.25, 0.3) is 0 Å². The van der Waals surface area contributed by atoms with Crippen molar-refractivity contribution in [2.45, 2.75) is 341 Å². The Bertz CT molecular complexity index is 6760. The molecule has 2 fully saturated rings. The Balaban J connectivity index is 0.000000111. The van der Waals surface area contributed by atoms with E-state index in [4.69, 9.17) is 15.0 Å². The largest absolute Gasteiger partial charge is 0.299 e. The molecule has 15 atom stereocenters. The van der Waals surface area contributed by atoms with Crippen LogP contribution in [0, 0.1) is 71.0 Å². The Morgan fingerprint density at radius 3 is 1.07 bits per heavy atom. The molecule has 0 amide bonds. The number of benzene rings is 4. The second-order valence-corrected chi connectivity index (χ2v) is 50.9. The Hall–Kier alpha value is -9.40. The van der Waals surface area contributed by atoms with E-state index in [1.807, 2.05) is 39.1 Å². The van der Waals surface area contributed by atoms with Crippen molar-refractivity contribution in [2.75, 3.05) is 0 Å². The van der Waals surface area contributed by atoms with E-state index in [0.717, 1.165) is 202 Å². The monoisotopic (exact) mass is 2070 g/mol. The first-order chi connectivity index (χ1) is 71.4. The molecule has 0 bridgehead atoms. The lowest BCUT2D eigenvalue weighted by molar-refractivity contribution is -0.133. The van der Waals surface area contributed by atoms with Crippen LogP contribution >= 0.6 is 68.0 Å². The number of Topliss-reactive ketones (excluding diaryl/α,β-unsaturated/α-hetero) is 6. The number of hydrogen-bond donors (Lipinski definition) is 0. The van der Waals surface area contributed by atoms with E-state index >= 15 is 0 Å². The summed E-state index contributed by atoms with van der Waals surface area (Å²) in [6, 6.07) is 42.4. The van der Waals surface area contributed by atoms with Crippen molar-refractivity contribution in [3.05, 3.63) is 332 Å². The van der Waals surface area contributed by atoms with Gasteiger partial charge in [0.25, 0.3) is 0 Å². The molecule has 0 saturated heterocycles. The van der Waals surface area contributed by atoms with Gasteiger partial charge in [0, 0.05) is 138 Å². The highest BCUT2D eigenvalue weighted by atomic mass is 32.1. The van der Waals surface area contributed by atoms with Gasteiger partial charge < -0.3 is 0 Å². The van der Waals surface area contributed by atoms with E-state index in [9.17, 15) is 28.8 Å². The first-order valence-corrected chi connectivity index (χ1v) is 61.3. The number of fused-ring (bicyclic) bond motifs is 8. The summed E-state index contributed by atoms with van der Waals surface area (Å²) in [6.07, 6.45) is 45.6. The van der Waals surface area contributed by atoms with Gasteiger partial charge in [0.1, 0.15) is 11.6 Å². The molecule has 770 valence electrons. The number of rotatable bonds is 19. The summed E-state index contributed by atoms with van der Waals surface area (Å²) in [4.78, 5) is 116. The third kappa shape index (κ3) is 19.1. The molecular formula is C129H152N6O6S6. The number of nitrogens with zero attached hydrogens (tertiary/aromatic N) is 6. The Morgan fingerprint density at radius 2 is 0.694 bits per heavy atom. The van der Waals surface area contributed by atoms with E-state index in [-0.39, 0.29) is 44.3 Å². The maximum Gasteiger partial charge on any atom is 0.160 e. The molecule has 6 heterocycles. The van der Waals surface area contributed by atoms with Gasteiger partial charge in [0.05, 0.1) is 88.9 Å². The highest BCUT2D eigenvalue weighted by molar-refractivity contribution is 7.11. The zero-order valence-corrected chi connectivity index (χ0v) is 94.2. The predicted octanol–water partition coefficient (Wildman–Crippen LogP) is 31.7. The van der Waals surface area contributed by atoms with Gasteiger partial charge in [-0.15, -0.1) is 68.0 Å². The molecule has 0 aliphatic heterocycles. The smallest absolute Gasteiger partial charge is 0.160 e. The summed E-state index contributed by atoms with van der Waals surface area (Å²) in [5.41, 5.74) is 35.5. The predicted molar refractivity (Wildman–Crippen MR) is 606 cm³/mol. The highest BCUT2D eigenvalue weighted by Crippen LogP contribution is 2.64. The lowest BCUT2D eigenvalue weighted by atomic mass is 9.52. The minimum Gasteiger partial charge on any atom is -0.299 e. The van der Waals surface area contributed by atoms with Crippen molar-refractivity contribution >= 4 is 103 Å². The van der Waals surface area contributed by atoms with Crippen LogP contribution in [0.5, 0.6) is 0 Å². The van der Waals surface area contributed by atoms with Gasteiger partial charge in [-0.2, -0.15) is 0 Å². The molecule has 24 rings (SSSR count). The van der Waals surface area contributed by atoms with E-state index in [2.05, 4.69) is 264 Å². The molecular weight excluding hydrogens is 1920 g/mol. The second kappa shape index (κ2) is 45.3. The van der Waals surface area contributed by atoms with E-state index in [1.165, 1.54) is 132 Å². The minimum atomic E-state index is -0.301. The SMILES string of the molecule is CCCC1CC(=O)C2=C(Cc3ncsc3[C@@]2(CC)c2ccccc2)C1.CC[C@@H]1CC(=O)C2C(Cc3ncsc3[C@@]2(CC)C2=CC=CCC2)C1.CC[C@@]1(C2=CC=CCC2)c2scnc2CC2C[C@H](C(C)C)CC(=O)C21.CC[C@]1(c2ccccc2)C2=C(CCCC2=O)Cc2ncsc21.CC[C@]1(c2ccccc2)C2=C(Cc3ncsc31)CC(CC(C)C)CC2=O.CC[C@]1(c2ccccc2)C2=C(Cc3ncsc31)C[C@@H](C(C)C)CC2=O. The van der Waals surface area contributed by atoms with E-state index in [0.29, 0.717) is 113 Å². The highest BCUT2D eigenvalue weighted by Gasteiger charge is 2.60. The Labute approximate surface area is 898 Å². The molecule has 4 aromatic carbocycles. The van der Waals surface area contributed by atoms with Gasteiger partial charge in [-0.3, -0.25) is 28.8 Å². The van der Waals surface area contributed by atoms with Crippen LogP contribution in [0.2, 0.25) is 0 Å². The van der Waals surface area contributed by atoms with Gasteiger partial charge in [-0.25, -0.2) is 29.9 Å². The molecule has 14 aliphatic rings. The fraction of sp³-hybridized carbons (Fsp3) is 0.504. The average molecular weight is 2080 g/mol. The maximum absolute atomic E-state index is 13.4. The molecule has 14 aliphatic carbocycles. The van der Waals surface area contributed by atoms with Gasteiger partial charge in [-0.05, 0) is 216 Å². The van der Waals surface area contributed by atoms with Crippen LogP contribution in [0.4, 0.5) is 0 Å². The average Bonchev–Trinajstić information content (AvgIpc) is 1.73. The van der Waals surface area contributed by atoms with Crippen molar-refractivity contribution in [2.24, 2.45) is 71.0 Å². The van der Waals surface area contributed by atoms with Crippen molar-refractivity contribution in [3.8, 4) is 0 Å². The van der Waals surface area contributed by atoms with Crippen molar-refractivity contribution in [3.63, 3.8) is 0 Å². The number of hydrogen-bond acceptors (Lipinski definition) is 18. The molecule has 6 aromatic heterocycles. The van der Waals surface area contributed by atoms with Crippen LogP contribution in [0.15, 0.2) is 247 Å². The Morgan fingerprint density at radius 1 is 0.333 bits per heavy atom. The molecule has 2 saturated carbocycles. The molecule has 147 heavy (non-hydrogen) atoms. The first kappa shape index (κ1) is 106. The third-order valence-corrected chi connectivity index (χ3v) is 43.3. The topological polar surface area (TPSA) is 180 Å². The number of thiazole rings is 6. The molecule has 10 aromatic rings. The van der Waals surface area contributed by atoms with E-state index in [1.54, 1.807) is 68.0 Å².